The van der Waals surface area contributed by atoms with Crippen LogP contribution in [-0.2, 0) is 4.79 Å². The van der Waals surface area contributed by atoms with Crippen molar-refractivity contribution in [2.45, 2.75) is 19.8 Å². The summed E-state index contributed by atoms with van der Waals surface area (Å²) in [5.74, 6) is -3.12. The van der Waals surface area contributed by atoms with Gasteiger partial charge in [0.25, 0.3) is 5.91 Å². The summed E-state index contributed by atoms with van der Waals surface area (Å²) in [4.78, 5) is 22.2. The minimum absolute atomic E-state index is 0.118. The van der Waals surface area contributed by atoms with Gasteiger partial charge >= 0.3 is 5.97 Å². The average molecular weight is 268 g/mol. The number of halogens is 1. The lowest BCUT2D eigenvalue weighted by atomic mass is 10.0. The Morgan fingerprint density at radius 2 is 2.16 bits per heavy atom. The Morgan fingerprint density at radius 1 is 1.47 bits per heavy atom. The van der Waals surface area contributed by atoms with Crippen LogP contribution in [0.1, 0.15) is 30.1 Å². The molecule has 1 aromatic carbocycles. The van der Waals surface area contributed by atoms with E-state index in [1.165, 1.54) is 12.1 Å². The average Bonchev–Trinajstić information content (AvgIpc) is 2.33. The maximum atomic E-state index is 13.5. The first kappa shape index (κ1) is 14.9. The Bertz CT molecular complexity index is 477. The molecule has 0 aliphatic rings. The number of carbonyl (C=O) groups is 2. The SMILES string of the molecule is CCCC(CNc1cccc(F)c1C(N)=O)C(=O)O. The minimum atomic E-state index is -0.925. The number of hydrogen-bond donors (Lipinski definition) is 3. The van der Waals surface area contributed by atoms with Crippen LogP contribution in [-0.4, -0.2) is 23.5 Å². The summed E-state index contributed by atoms with van der Waals surface area (Å²) in [5.41, 5.74) is 5.08. The largest absolute Gasteiger partial charge is 0.481 e. The fourth-order valence-corrected chi connectivity index (χ4v) is 1.82. The Balaban J connectivity index is 2.85. The number of primary amides is 1. The smallest absolute Gasteiger partial charge is 0.308 e. The number of nitrogens with one attached hydrogen (secondary N) is 1. The monoisotopic (exact) mass is 268 g/mol. The van der Waals surface area contributed by atoms with E-state index in [2.05, 4.69) is 5.32 Å². The van der Waals surface area contributed by atoms with Gasteiger partial charge in [-0.1, -0.05) is 19.4 Å². The first-order chi connectivity index (χ1) is 8.97. The molecule has 0 heterocycles. The number of carbonyl (C=O) groups excluding carboxylic acids is 1. The molecule has 19 heavy (non-hydrogen) atoms. The molecule has 0 spiro atoms. The molecule has 4 N–H and O–H groups in total. The number of rotatable bonds is 7. The predicted molar refractivity (Wildman–Crippen MR) is 69.4 cm³/mol. The van der Waals surface area contributed by atoms with Gasteiger partial charge in [-0.25, -0.2) is 4.39 Å². The molecule has 1 rings (SSSR count). The lowest BCUT2D eigenvalue weighted by Crippen LogP contribution is -2.24. The summed E-state index contributed by atoms with van der Waals surface area (Å²) in [6, 6.07) is 4.06. The normalized spacial score (nSPS) is 11.9. The van der Waals surface area contributed by atoms with Crippen molar-refractivity contribution in [1.82, 2.24) is 0 Å². The highest BCUT2D eigenvalue weighted by molar-refractivity contribution is 5.98. The van der Waals surface area contributed by atoms with Crippen molar-refractivity contribution < 1.29 is 19.1 Å². The van der Waals surface area contributed by atoms with E-state index in [1.54, 1.807) is 0 Å². The summed E-state index contributed by atoms with van der Waals surface area (Å²) >= 11 is 0. The second-order valence-corrected chi connectivity index (χ2v) is 4.23. The van der Waals surface area contributed by atoms with E-state index >= 15 is 0 Å². The van der Waals surface area contributed by atoms with Crippen LogP contribution in [0.5, 0.6) is 0 Å². The van der Waals surface area contributed by atoms with Crippen LogP contribution in [0.3, 0.4) is 0 Å². The maximum Gasteiger partial charge on any atom is 0.308 e. The molecule has 104 valence electrons. The molecular weight excluding hydrogens is 251 g/mol. The van der Waals surface area contributed by atoms with Gasteiger partial charge in [0.2, 0.25) is 0 Å². The molecule has 0 aliphatic heterocycles. The molecule has 1 amide bonds. The minimum Gasteiger partial charge on any atom is -0.481 e. The van der Waals surface area contributed by atoms with Crippen molar-refractivity contribution in [3.05, 3.63) is 29.6 Å². The summed E-state index contributed by atoms with van der Waals surface area (Å²) in [6.45, 7) is 2.00. The molecular formula is C13H17FN2O3. The van der Waals surface area contributed by atoms with Crippen LogP contribution in [0.15, 0.2) is 18.2 Å². The number of benzene rings is 1. The van der Waals surface area contributed by atoms with E-state index in [0.717, 1.165) is 12.5 Å². The van der Waals surface area contributed by atoms with Crippen LogP contribution in [0.2, 0.25) is 0 Å². The van der Waals surface area contributed by atoms with E-state index in [9.17, 15) is 14.0 Å². The van der Waals surface area contributed by atoms with Gasteiger partial charge in [0.1, 0.15) is 5.82 Å². The van der Waals surface area contributed by atoms with Crippen molar-refractivity contribution >= 4 is 17.6 Å². The predicted octanol–water partition coefficient (Wildman–Crippen LogP) is 1.84. The van der Waals surface area contributed by atoms with Gasteiger partial charge in [-0.05, 0) is 18.6 Å². The highest BCUT2D eigenvalue weighted by Crippen LogP contribution is 2.19. The molecule has 0 radical (unpaired) electrons. The molecule has 5 nitrogen and oxygen atoms in total. The van der Waals surface area contributed by atoms with Gasteiger partial charge in [0.15, 0.2) is 0 Å². The van der Waals surface area contributed by atoms with E-state index in [-0.39, 0.29) is 17.8 Å². The molecule has 1 aromatic rings. The Hall–Kier alpha value is -2.11. The Morgan fingerprint density at radius 3 is 2.68 bits per heavy atom. The molecule has 0 aliphatic carbocycles. The highest BCUT2D eigenvalue weighted by atomic mass is 19.1. The van der Waals surface area contributed by atoms with Gasteiger partial charge in [0.05, 0.1) is 11.5 Å². The third kappa shape index (κ3) is 3.94. The van der Waals surface area contributed by atoms with Crippen molar-refractivity contribution in [3.8, 4) is 0 Å². The zero-order valence-electron chi connectivity index (χ0n) is 10.6. The highest BCUT2D eigenvalue weighted by Gasteiger charge is 2.18. The number of anilines is 1. The Labute approximate surface area is 110 Å². The standard InChI is InChI=1S/C13H17FN2O3/c1-2-4-8(13(18)19)7-16-10-6-3-5-9(14)11(10)12(15)17/h3,5-6,8,16H,2,4,7H2,1H3,(H2,15,17)(H,18,19). The summed E-state index contributed by atoms with van der Waals surface area (Å²) in [5, 5.41) is 11.8. The molecule has 6 heteroatoms. The second kappa shape index (κ2) is 6.72. The number of hydrogen-bond acceptors (Lipinski definition) is 3. The summed E-state index contributed by atoms with van der Waals surface area (Å²) in [6.07, 6.45) is 1.23. The summed E-state index contributed by atoms with van der Waals surface area (Å²) < 4.78 is 13.5. The lowest BCUT2D eigenvalue weighted by molar-refractivity contribution is -0.141. The van der Waals surface area contributed by atoms with Gasteiger partial charge in [0, 0.05) is 12.2 Å². The molecule has 1 atom stereocenters. The topological polar surface area (TPSA) is 92.4 Å². The Kier molecular flexibility index (Phi) is 5.29. The second-order valence-electron chi connectivity index (χ2n) is 4.23. The summed E-state index contributed by atoms with van der Waals surface area (Å²) in [7, 11) is 0. The van der Waals surface area contributed by atoms with E-state index in [1.807, 2.05) is 6.92 Å². The fraction of sp³-hybridized carbons (Fsp3) is 0.385. The van der Waals surface area contributed by atoms with E-state index in [0.29, 0.717) is 6.42 Å². The van der Waals surface area contributed by atoms with E-state index < -0.39 is 23.6 Å². The van der Waals surface area contributed by atoms with E-state index in [4.69, 9.17) is 10.8 Å². The molecule has 0 aromatic heterocycles. The molecule has 0 bridgehead atoms. The van der Waals surface area contributed by atoms with Crippen molar-refractivity contribution in [2.75, 3.05) is 11.9 Å². The fourth-order valence-electron chi connectivity index (χ4n) is 1.82. The number of carboxylic acid groups (broad SMARTS) is 1. The van der Waals surface area contributed by atoms with Gasteiger partial charge in [-0.3, -0.25) is 9.59 Å². The molecule has 0 saturated heterocycles. The van der Waals surface area contributed by atoms with Crippen molar-refractivity contribution in [1.29, 1.82) is 0 Å². The molecule has 1 unspecified atom stereocenters. The van der Waals surface area contributed by atoms with Crippen LogP contribution < -0.4 is 11.1 Å². The zero-order valence-corrected chi connectivity index (χ0v) is 10.6. The third-order valence-electron chi connectivity index (χ3n) is 2.79. The number of aliphatic carboxylic acids is 1. The number of amides is 1. The van der Waals surface area contributed by atoms with Crippen LogP contribution in [0.4, 0.5) is 10.1 Å². The first-order valence-corrected chi connectivity index (χ1v) is 6.02. The molecule has 0 saturated carbocycles. The van der Waals surface area contributed by atoms with Gasteiger partial charge in [-0.15, -0.1) is 0 Å². The molecule has 0 fully saturated rings. The quantitative estimate of drug-likeness (QED) is 0.703. The van der Waals surface area contributed by atoms with Crippen LogP contribution in [0, 0.1) is 11.7 Å². The third-order valence-corrected chi connectivity index (χ3v) is 2.79. The zero-order chi connectivity index (χ0) is 14.4. The number of carboxylic acids is 1. The number of nitrogens with two attached hydrogens (primary N) is 1. The van der Waals surface area contributed by atoms with Crippen molar-refractivity contribution in [3.63, 3.8) is 0 Å². The maximum absolute atomic E-state index is 13.5. The van der Waals surface area contributed by atoms with Crippen LogP contribution >= 0.6 is 0 Å². The first-order valence-electron chi connectivity index (χ1n) is 6.02. The van der Waals surface area contributed by atoms with Gasteiger partial charge in [-0.2, -0.15) is 0 Å². The van der Waals surface area contributed by atoms with Crippen molar-refractivity contribution in [2.24, 2.45) is 11.7 Å². The van der Waals surface area contributed by atoms with Gasteiger partial charge < -0.3 is 16.2 Å². The lowest BCUT2D eigenvalue weighted by Gasteiger charge is -2.15. The van der Waals surface area contributed by atoms with Crippen LogP contribution in [0.25, 0.3) is 0 Å².